The topological polar surface area (TPSA) is 142 Å². The summed E-state index contributed by atoms with van der Waals surface area (Å²) < 4.78 is 20.2. The third-order valence-electron chi connectivity index (χ3n) is 6.05. The summed E-state index contributed by atoms with van der Waals surface area (Å²) in [6, 6.07) is 7.82. The summed E-state index contributed by atoms with van der Waals surface area (Å²) >= 11 is 0. The lowest BCUT2D eigenvalue weighted by Crippen LogP contribution is -2.33. The SMILES string of the molecule is CCN(CC)CCCN(N)/N=C(\N)c1ccc(-c2ccc(N3CC(CNC(C)=O)OC3=O)cc2F)cn1. The lowest BCUT2D eigenvalue weighted by atomic mass is 10.1. The van der Waals surface area contributed by atoms with Crippen LogP contribution in [0.2, 0.25) is 0 Å². The van der Waals surface area contributed by atoms with E-state index in [1.165, 1.54) is 29.2 Å². The summed E-state index contributed by atoms with van der Waals surface area (Å²) in [7, 11) is 0. The highest BCUT2D eigenvalue weighted by Gasteiger charge is 2.32. The Kier molecular flexibility index (Phi) is 9.75. The van der Waals surface area contributed by atoms with Gasteiger partial charge in [-0.15, -0.1) is 5.10 Å². The maximum Gasteiger partial charge on any atom is 0.414 e. The fourth-order valence-corrected chi connectivity index (χ4v) is 3.94. The molecule has 37 heavy (non-hydrogen) atoms. The van der Waals surface area contributed by atoms with Crippen LogP contribution < -0.4 is 21.8 Å². The molecule has 1 fully saturated rings. The highest BCUT2D eigenvalue weighted by atomic mass is 19.1. The molecule has 3 rings (SSSR count). The number of halogens is 1. The lowest BCUT2D eigenvalue weighted by Gasteiger charge is -2.19. The first-order chi connectivity index (χ1) is 17.7. The minimum absolute atomic E-state index is 0.161. The molecule has 1 aliphatic heterocycles. The quantitative estimate of drug-likeness (QED) is 0.169. The number of nitrogens with zero attached hydrogens (tertiary/aromatic N) is 5. The van der Waals surface area contributed by atoms with E-state index in [-0.39, 0.29) is 24.8 Å². The number of carbonyl (C=O) groups excluding carboxylic acids is 2. The van der Waals surface area contributed by atoms with E-state index in [0.717, 1.165) is 26.1 Å². The first-order valence-corrected chi connectivity index (χ1v) is 12.3. The van der Waals surface area contributed by atoms with Gasteiger partial charge in [0.25, 0.3) is 0 Å². The van der Waals surface area contributed by atoms with Crippen molar-refractivity contribution < 1.29 is 18.7 Å². The minimum atomic E-state index is -0.592. The third kappa shape index (κ3) is 7.61. The molecule has 1 aromatic carbocycles. The molecule has 0 radical (unpaired) electrons. The summed E-state index contributed by atoms with van der Waals surface area (Å²) in [5.41, 5.74) is 7.70. The van der Waals surface area contributed by atoms with Crippen LogP contribution in [0.1, 0.15) is 32.9 Å². The van der Waals surface area contributed by atoms with E-state index in [1.54, 1.807) is 24.3 Å². The molecule has 1 unspecified atom stereocenters. The van der Waals surface area contributed by atoms with Crippen molar-refractivity contribution >= 4 is 23.5 Å². The van der Waals surface area contributed by atoms with Gasteiger partial charge >= 0.3 is 6.09 Å². The number of benzene rings is 1. The predicted octanol–water partition coefficient (Wildman–Crippen LogP) is 1.88. The van der Waals surface area contributed by atoms with Crippen molar-refractivity contribution in [1.29, 1.82) is 0 Å². The number of hydrogen-bond acceptors (Lipinski definition) is 8. The molecule has 0 saturated carbocycles. The number of hydrazone groups is 1. The summed E-state index contributed by atoms with van der Waals surface area (Å²) in [5, 5.41) is 8.10. The number of cyclic esters (lactones) is 1. The normalized spacial score (nSPS) is 15.7. The van der Waals surface area contributed by atoms with E-state index < -0.39 is 18.0 Å². The van der Waals surface area contributed by atoms with Crippen molar-refractivity contribution in [2.75, 3.05) is 44.2 Å². The average molecular weight is 515 g/mol. The summed E-state index contributed by atoms with van der Waals surface area (Å²) in [6.45, 7) is 9.45. The Balaban J connectivity index is 1.62. The van der Waals surface area contributed by atoms with Crippen molar-refractivity contribution in [3.63, 3.8) is 0 Å². The minimum Gasteiger partial charge on any atom is -0.442 e. The van der Waals surface area contributed by atoms with E-state index >= 15 is 0 Å². The zero-order valence-electron chi connectivity index (χ0n) is 21.5. The number of pyridine rings is 1. The van der Waals surface area contributed by atoms with Crippen LogP contribution in [0.4, 0.5) is 14.9 Å². The van der Waals surface area contributed by atoms with Gasteiger partial charge in [-0.2, -0.15) is 0 Å². The number of hydrazine groups is 1. The molecule has 0 aliphatic carbocycles. The lowest BCUT2D eigenvalue weighted by molar-refractivity contribution is -0.119. The van der Waals surface area contributed by atoms with Gasteiger partial charge < -0.3 is 20.7 Å². The maximum absolute atomic E-state index is 15.0. The number of amidine groups is 1. The van der Waals surface area contributed by atoms with Crippen LogP contribution in [0.15, 0.2) is 41.6 Å². The van der Waals surface area contributed by atoms with E-state index in [2.05, 4.69) is 34.1 Å². The molecular weight excluding hydrogens is 479 g/mol. The van der Waals surface area contributed by atoms with Gasteiger partial charge in [0.15, 0.2) is 5.84 Å². The van der Waals surface area contributed by atoms with Crippen molar-refractivity contribution in [2.24, 2.45) is 16.7 Å². The molecule has 1 aromatic heterocycles. The molecule has 5 N–H and O–H groups in total. The second-order valence-corrected chi connectivity index (χ2v) is 8.68. The Bertz CT molecular complexity index is 1110. The van der Waals surface area contributed by atoms with Crippen LogP contribution in [-0.4, -0.2) is 78.2 Å². The van der Waals surface area contributed by atoms with Gasteiger partial charge in [-0.25, -0.2) is 20.1 Å². The van der Waals surface area contributed by atoms with E-state index in [4.69, 9.17) is 16.3 Å². The second kappa shape index (κ2) is 13.0. The van der Waals surface area contributed by atoms with Crippen LogP contribution in [0.25, 0.3) is 11.1 Å². The van der Waals surface area contributed by atoms with Gasteiger partial charge in [-0.1, -0.05) is 19.9 Å². The number of aromatic nitrogens is 1. The molecule has 2 heterocycles. The third-order valence-corrected chi connectivity index (χ3v) is 6.05. The summed E-state index contributed by atoms with van der Waals surface area (Å²) in [5.74, 6) is 5.37. The Morgan fingerprint density at radius 3 is 2.65 bits per heavy atom. The molecular formula is C25H35FN8O3. The van der Waals surface area contributed by atoms with Gasteiger partial charge in [-0.3, -0.25) is 14.7 Å². The van der Waals surface area contributed by atoms with Crippen LogP contribution in [-0.2, 0) is 9.53 Å². The first kappa shape index (κ1) is 27.8. The fraction of sp³-hybridized carbons (Fsp3) is 0.440. The van der Waals surface area contributed by atoms with Crippen molar-refractivity contribution in [1.82, 2.24) is 20.3 Å². The van der Waals surface area contributed by atoms with E-state index in [1.807, 2.05) is 0 Å². The van der Waals surface area contributed by atoms with Crippen LogP contribution in [0, 0.1) is 5.82 Å². The van der Waals surface area contributed by atoms with E-state index in [9.17, 15) is 14.0 Å². The van der Waals surface area contributed by atoms with Crippen LogP contribution >= 0.6 is 0 Å². The largest absolute Gasteiger partial charge is 0.442 e. The first-order valence-electron chi connectivity index (χ1n) is 12.3. The second-order valence-electron chi connectivity index (χ2n) is 8.68. The highest BCUT2D eigenvalue weighted by Crippen LogP contribution is 2.29. The summed E-state index contributed by atoms with van der Waals surface area (Å²) in [4.78, 5) is 31.2. The maximum atomic E-state index is 15.0. The number of nitrogens with two attached hydrogens (primary N) is 2. The fourth-order valence-electron chi connectivity index (χ4n) is 3.94. The van der Waals surface area contributed by atoms with Crippen LogP contribution in [0.5, 0.6) is 0 Å². The Morgan fingerprint density at radius 1 is 1.27 bits per heavy atom. The smallest absolute Gasteiger partial charge is 0.414 e. The van der Waals surface area contributed by atoms with Gasteiger partial charge in [0, 0.05) is 24.2 Å². The van der Waals surface area contributed by atoms with Gasteiger partial charge in [0.1, 0.15) is 17.6 Å². The monoisotopic (exact) mass is 514 g/mol. The summed E-state index contributed by atoms with van der Waals surface area (Å²) in [6.07, 6.45) is 1.26. The zero-order valence-corrected chi connectivity index (χ0v) is 21.5. The molecule has 2 amide bonds. The number of rotatable bonds is 12. The molecule has 1 atom stereocenters. The number of amides is 2. The number of anilines is 1. The van der Waals surface area contributed by atoms with Gasteiger partial charge in [0.05, 0.1) is 25.3 Å². The molecule has 0 spiro atoms. The van der Waals surface area contributed by atoms with Crippen molar-refractivity contribution in [2.45, 2.75) is 33.3 Å². The Labute approximate surface area is 216 Å². The number of carbonyl (C=O) groups is 2. The van der Waals surface area contributed by atoms with Gasteiger partial charge in [-0.05, 0) is 50.3 Å². The highest BCUT2D eigenvalue weighted by molar-refractivity contribution is 5.95. The zero-order chi connectivity index (χ0) is 26.9. The molecule has 0 bridgehead atoms. The van der Waals surface area contributed by atoms with Crippen molar-refractivity contribution in [3.05, 3.63) is 48.0 Å². The number of ether oxygens (including phenoxy) is 1. The Morgan fingerprint density at radius 2 is 2.03 bits per heavy atom. The average Bonchev–Trinajstić information content (AvgIpc) is 3.25. The predicted molar refractivity (Wildman–Crippen MR) is 140 cm³/mol. The molecule has 200 valence electrons. The standard InChI is InChI=1S/C25H35FN8O3/c1-4-32(5-2)11-6-12-34(28)31-24(27)23-10-7-18(14-30-23)21-9-8-19(13-22(21)26)33-16-20(37-25(33)36)15-29-17(3)35/h7-10,13-14,20H,4-6,11-12,15-16,28H2,1-3H3,(H2,27,31)(H,29,35). The Hall–Kier alpha value is -3.77. The molecule has 12 heteroatoms. The molecule has 11 nitrogen and oxygen atoms in total. The molecule has 1 saturated heterocycles. The van der Waals surface area contributed by atoms with E-state index in [0.29, 0.717) is 29.1 Å². The molecule has 2 aromatic rings. The number of hydrogen-bond donors (Lipinski definition) is 3. The van der Waals surface area contributed by atoms with Crippen LogP contribution in [0.3, 0.4) is 0 Å². The molecule has 1 aliphatic rings. The van der Waals surface area contributed by atoms with Gasteiger partial charge in [0.2, 0.25) is 5.91 Å². The number of nitrogens with one attached hydrogen (secondary N) is 1. The van der Waals surface area contributed by atoms with Crippen molar-refractivity contribution in [3.8, 4) is 11.1 Å².